The van der Waals surface area contributed by atoms with Crippen molar-refractivity contribution in [1.29, 1.82) is 0 Å². The Morgan fingerprint density at radius 3 is 2.19 bits per heavy atom. The van der Waals surface area contributed by atoms with Gasteiger partial charge in [-0.25, -0.2) is 9.07 Å². The first-order chi connectivity index (χ1) is 15.1. The van der Waals surface area contributed by atoms with E-state index in [-0.39, 0.29) is 17.7 Å². The van der Waals surface area contributed by atoms with E-state index in [1.165, 1.54) is 19.2 Å². The van der Waals surface area contributed by atoms with Crippen LogP contribution < -0.4 is 14.8 Å². The summed E-state index contributed by atoms with van der Waals surface area (Å²) >= 11 is 0. The molecule has 156 valence electrons. The number of carbonyl (C=O) groups excluding carboxylic acids is 1. The second kappa shape index (κ2) is 8.66. The second-order valence-corrected chi connectivity index (χ2v) is 6.57. The molecule has 0 aliphatic rings. The summed E-state index contributed by atoms with van der Waals surface area (Å²) in [4.78, 5) is 16.8. The van der Waals surface area contributed by atoms with E-state index in [0.717, 1.165) is 0 Å². The highest BCUT2D eigenvalue weighted by atomic mass is 19.1. The zero-order chi connectivity index (χ0) is 21.8. The molecule has 7 nitrogen and oxygen atoms in total. The first-order valence-corrected chi connectivity index (χ1v) is 9.40. The van der Waals surface area contributed by atoms with E-state index in [1.54, 1.807) is 72.5 Å². The van der Waals surface area contributed by atoms with Gasteiger partial charge in [-0.05, 0) is 72.8 Å². The van der Waals surface area contributed by atoms with Crippen LogP contribution in [0.4, 0.5) is 10.1 Å². The molecule has 0 saturated carbocycles. The van der Waals surface area contributed by atoms with Crippen LogP contribution in [-0.4, -0.2) is 34.9 Å². The summed E-state index contributed by atoms with van der Waals surface area (Å²) in [6.07, 6.45) is 0. The minimum absolute atomic E-state index is 0.191. The molecule has 0 aliphatic heterocycles. The van der Waals surface area contributed by atoms with Gasteiger partial charge in [-0.2, -0.15) is 4.98 Å². The van der Waals surface area contributed by atoms with Gasteiger partial charge in [-0.15, -0.1) is 5.10 Å². The molecule has 31 heavy (non-hydrogen) atoms. The van der Waals surface area contributed by atoms with Gasteiger partial charge in [0, 0.05) is 16.8 Å². The summed E-state index contributed by atoms with van der Waals surface area (Å²) in [5.74, 6) is 0.622. The molecule has 0 saturated heterocycles. The number of ether oxygens (including phenoxy) is 2. The predicted molar refractivity (Wildman–Crippen MR) is 114 cm³/mol. The Balaban J connectivity index is 1.57. The lowest BCUT2D eigenvalue weighted by molar-refractivity contribution is 0.102. The summed E-state index contributed by atoms with van der Waals surface area (Å²) in [5.41, 5.74) is 2.54. The minimum Gasteiger partial charge on any atom is -0.497 e. The van der Waals surface area contributed by atoms with Gasteiger partial charge in [0.05, 0.1) is 19.9 Å². The molecular weight excluding hydrogens is 399 g/mol. The van der Waals surface area contributed by atoms with Crippen LogP contribution in [-0.2, 0) is 0 Å². The highest BCUT2D eigenvalue weighted by Gasteiger charge is 2.15. The van der Waals surface area contributed by atoms with Crippen LogP contribution in [0.15, 0.2) is 72.8 Å². The van der Waals surface area contributed by atoms with Crippen molar-refractivity contribution in [3.05, 3.63) is 84.2 Å². The number of amides is 1. The maximum absolute atomic E-state index is 13.3. The Morgan fingerprint density at radius 1 is 0.903 bits per heavy atom. The minimum atomic E-state index is -0.335. The Bertz CT molecular complexity index is 1190. The molecule has 0 bridgehead atoms. The molecule has 0 fully saturated rings. The summed E-state index contributed by atoms with van der Waals surface area (Å²) in [7, 11) is 3.05. The Kier molecular flexibility index (Phi) is 5.61. The van der Waals surface area contributed by atoms with Gasteiger partial charge < -0.3 is 14.8 Å². The molecule has 4 rings (SSSR count). The number of rotatable bonds is 6. The molecule has 3 aromatic carbocycles. The Morgan fingerprint density at radius 2 is 1.58 bits per heavy atom. The SMILES string of the molecule is COc1ccc(C(=O)Nc2ccc(-n3nc(OC)nc3-c3ccc(F)cc3)cc2)cc1. The van der Waals surface area contributed by atoms with Crippen LogP contribution in [0.25, 0.3) is 17.1 Å². The summed E-state index contributed by atoms with van der Waals surface area (Å²) < 4.78 is 25.2. The number of aromatic nitrogens is 3. The van der Waals surface area contributed by atoms with Crippen LogP contribution in [0.5, 0.6) is 11.8 Å². The van der Waals surface area contributed by atoms with E-state index in [1.807, 2.05) is 0 Å². The largest absolute Gasteiger partial charge is 0.497 e. The van der Waals surface area contributed by atoms with Gasteiger partial charge in [0.2, 0.25) is 0 Å². The maximum atomic E-state index is 13.3. The van der Waals surface area contributed by atoms with Crippen molar-refractivity contribution in [2.24, 2.45) is 0 Å². The number of anilines is 1. The molecule has 0 unspecified atom stereocenters. The fourth-order valence-electron chi connectivity index (χ4n) is 2.98. The van der Waals surface area contributed by atoms with Gasteiger partial charge in [-0.1, -0.05) is 0 Å². The lowest BCUT2D eigenvalue weighted by atomic mass is 10.2. The first-order valence-electron chi connectivity index (χ1n) is 9.40. The molecule has 8 heteroatoms. The van der Waals surface area contributed by atoms with E-state index < -0.39 is 0 Å². The monoisotopic (exact) mass is 418 g/mol. The molecule has 0 atom stereocenters. The number of halogens is 1. The summed E-state index contributed by atoms with van der Waals surface area (Å²) in [6.45, 7) is 0. The topological polar surface area (TPSA) is 78.3 Å². The van der Waals surface area contributed by atoms with Crippen LogP contribution in [0, 0.1) is 5.82 Å². The molecular formula is C23H19FN4O3. The van der Waals surface area contributed by atoms with Crippen molar-refractivity contribution in [2.75, 3.05) is 19.5 Å². The quantitative estimate of drug-likeness (QED) is 0.504. The number of benzene rings is 3. The maximum Gasteiger partial charge on any atom is 0.336 e. The molecule has 1 amide bonds. The zero-order valence-electron chi connectivity index (χ0n) is 16.9. The highest BCUT2D eigenvalue weighted by Crippen LogP contribution is 2.25. The number of nitrogens with one attached hydrogen (secondary N) is 1. The van der Waals surface area contributed by atoms with Gasteiger partial charge >= 0.3 is 6.01 Å². The van der Waals surface area contributed by atoms with Crippen LogP contribution in [0.3, 0.4) is 0 Å². The van der Waals surface area contributed by atoms with Crippen molar-refractivity contribution >= 4 is 11.6 Å². The van der Waals surface area contributed by atoms with Crippen molar-refractivity contribution < 1.29 is 18.7 Å². The van der Waals surface area contributed by atoms with E-state index in [0.29, 0.717) is 34.1 Å². The van der Waals surface area contributed by atoms with Crippen LogP contribution in [0.1, 0.15) is 10.4 Å². The van der Waals surface area contributed by atoms with Gasteiger partial charge in [0.1, 0.15) is 11.6 Å². The fourth-order valence-corrected chi connectivity index (χ4v) is 2.98. The van der Waals surface area contributed by atoms with Gasteiger partial charge in [0.25, 0.3) is 5.91 Å². The Labute approximate surface area is 178 Å². The third-order valence-corrected chi connectivity index (χ3v) is 4.59. The van der Waals surface area contributed by atoms with E-state index >= 15 is 0 Å². The summed E-state index contributed by atoms with van der Waals surface area (Å²) in [6, 6.07) is 20.1. The summed E-state index contributed by atoms with van der Waals surface area (Å²) in [5, 5.41) is 7.19. The van der Waals surface area contributed by atoms with Crippen molar-refractivity contribution in [1.82, 2.24) is 14.8 Å². The first kappa shape index (κ1) is 20.1. The molecule has 1 heterocycles. The van der Waals surface area contributed by atoms with Crippen LogP contribution in [0.2, 0.25) is 0 Å². The zero-order valence-corrected chi connectivity index (χ0v) is 16.9. The molecule has 0 radical (unpaired) electrons. The van der Waals surface area contributed by atoms with Gasteiger partial charge in [-0.3, -0.25) is 4.79 Å². The van der Waals surface area contributed by atoms with E-state index in [2.05, 4.69) is 15.4 Å². The fraction of sp³-hybridized carbons (Fsp3) is 0.0870. The second-order valence-electron chi connectivity index (χ2n) is 6.57. The third-order valence-electron chi connectivity index (χ3n) is 4.59. The molecule has 0 aliphatic carbocycles. The third kappa shape index (κ3) is 4.37. The standard InChI is InChI=1S/C23H19FN4O3/c1-30-20-13-5-16(6-14-20)22(29)25-18-9-11-19(12-10-18)28-21(26-23(27-28)31-2)15-3-7-17(24)8-4-15/h3-14H,1-2H3,(H,25,29). The predicted octanol–water partition coefficient (Wildman–Crippen LogP) is 4.34. The van der Waals surface area contributed by atoms with E-state index in [4.69, 9.17) is 9.47 Å². The number of hydrogen-bond acceptors (Lipinski definition) is 5. The van der Waals surface area contributed by atoms with E-state index in [9.17, 15) is 9.18 Å². The number of methoxy groups -OCH3 is 2. The van der Waals surface area contributed by atoms with Gasteiger partial charge in [0.15, 0.2) is 5.82 Å². The van der Waals surface area contributed by atoms with Crippen molar-refractivity contribution in [2.45, 2.75) is 0 Å². The number of nitrogens with zero attached hydrogens (tertiary/aromatic N) is 3. The molecule has 1 aromatic heterocycles. The molecule has 0 spiro atoms. The smallest absolute Gasteiger partial charge is 0.336 e. The number of hydrogen-bond donors (Lipinski definition) is 1. The average molecular weight is 418 g/mol. The molecule has 1 N–H and O–H groups in total. The van der Waals surface area contributed by atoms with Crippen molar-refractivity contribution in [3.8, 4) is 28.8 Å². The lowest BCUT2D eigenvalue weighted by Gasteiger charge is -2.09. The van der Waals surface area contributed by atoms with Crippen LogP contribution >= 0.6 is 0 Å². The highest BCUT2D eigenvalue weighted by molar-refractivity contribution is 6.04. The molecule has 4 aromatic rings. The van der Waals surface area contributed by atoms with Crippen molar-refractivity contribution in [3.63, 3.8) is 0 Å². The normalized spacial score (nSPS) is 10.5. The number of carbonyl (C=O) groups is 1. The Hall–Kier alpha value is -4.20. The average Bonchev–Trinajstić information content (AvgIpc) is 3.24. The lowest BCUT2D eigenvalue weighted by Crippen LogP contribution is -2.11.